The van der Waals surface area contributed by atoms with E-state index in [9.17, 15) is 9.59 Å². The molecule has 4 N–H and O–H groups in total. The molecule has 0 bridgehead atoms. The van der Waals surface area contributed by atoms with Gasteiger partial charge >= 0.3 is 0 Å². The Hall–Kier alpha value is -2.08. The monoisotopic (exact) mass is 252 g/mol. The van der Waals surface area contributed by atoms with Gasteiger partial charge in [0.2, 0.25) is 5.91 Å². The average molecular weight is 252 g/mol. The summed E-state index contributed by atoms with van der Waals surface area (Å²) in [6.45, 7) is 0.378. The highest BCUT2D eigenvalue weighted by atomic mass is 16.5. The van der Waals surface area contributed by atoms with Crippen LogP contribution in [0.3, 0.4) is 0 Å². The Bertz CT molecular complexity index is 420. The predicted molar refractivity (Wildman–Crippen MR) is 64.2 cm³/mol. The van der Waals surface area contributed by atoms with E-state index >= 15 is 0 Å². The van der Waals surface area contributed by atoms with Gasteiger partial charge in [0, 0.05) is 6.42 Å². The Kier molecular flexibility index (Phi) is 5.66. The van der Waals surface area contributed by atoms with Gasteiger partial charge in [0.15, 0.2) is 0 Å². The van der Waals surface area contributed by atoms with Crippen molar-refractivity contribution in [1.29, 1.82) is 0 Å². The van der Waals surface area contributed by atoms with Crippen LogP contribution in [-0.2, 0) is 4.79 Å². The third-order valence-electron chi connectivity index (χ3n) is 2.33. The SMILES string of the molecule is NC(=O)c1ccccc1OCCCCC(=O)NO. The van der Waals surface area contributed by atoms with Crippen molar-refractivity contribution in [3.8, 4) is 5.75 Å². The number of para-hydroxylation sites is 1. The lowest BCUT2D eigenvalue weighted by Crippen LogP contribution is -2.18. The highest BCUT2D eigenvalue weighted by Crippen LogP contribution is 2.17. The maximum absolute atomic E-state index is 11.1. The van der Waals surface area contributed by atoms with E-state index in [1.54, 1.807) is 29.7 Å². The van der Waals surface area contributed by atoms with Crippen LogP contribution >= 0.6 is 0 Å². The van der Waals surface area contributed by atoms with Crippen molar-refractivity contribution < 1.29 is 19.5 Å². The number of amides is 2. The summed E-state index contributed by atoms with van der Waals surface area (Å²) < 4.78 is 5.42. The van der Waals surface area contributed by atoms with Gasteiger partial charge in [0.25, 0.3) is 5.91 Å². The van der Waals surface area contributed by atoms with Gasteiger partial charge < -0.3 is 10.5 Å². The molecule has 0 saturated carbocycles. The number of hydrogen-bond donors (Lipinski definition) is 3. The van der Waals surface area contributed by atoms with Gasteiger partial charge in [0.05, 0.1) is 12.2 Å². The summed E-state index contributed by atoms with van der Waals surface area (Å²) in [5, 5.41) is 8.28. The second-order valence-corrected chi connectivity index (χ2v) is 3.70. The molecule has 6 nitrogen and oxygen atoms in total. The summed E-state index contributed by atoms with van der Waals surface area (Å²) in [5.41, 5.74) is 7.10. The van der Waals surface area contributed by atoms with Crippen molar-refractivity contribution in [2.75, 3.05) is 6.61 Å². The number of carbonyl (C=O) groups is 2. The third kappa shape index (κ3) is 4.42. The molecule has 0 spiro atoms. The number of benzene rings is 1. The molecular formula is C12H16N2O4. The zero-order valence-electron chi connectivity index (χ0n) is 9.89. The molecule has 1 aromatic carbocycles. The molecule has 0 atom stereocenters. The quantitative estimate of drug-likeness (QED) is 0.380. The van der Waals surface area contributed by atoms with Gasteiger partial charge in [0.1, 0.15) is 5.75 Å². The van der Waals surface area contributed by atoms with E-state index in [-0.39, 0.29) is 6.42 Å². The van der Waals surface area contributed by atoms with E-state index in [0.29, 0.717) is 30.8 Å². The summed E-state index contributed by atoms with van der Waals surface area (Å²) in [5.74, 6) is -0.519. The van der Waals surface area contributed by atoms with Crippen LogP contribution in [0.15, 0.2) is 24.3 Å². The number of nitrogens with two attached hydrogens (primary N) is 1. The van der Waals surface area contributed by atoms with Crippen LogP contribution in [-0.4, -0.2) is 23.6 Å². The van der Waals surface area contributed by atoms with Gasteiger partial charge in [-0.05, 0) is 25.0 Å². The first-order chi connectivity index (χ1) is 8.65. The van der Waals surface area contributed by atoms with Crippen molar-refractivity contribution in [1.82, 2.24) is 5.48 Å². The minimum Gasteiger partial charge on any atom is -0.493 e. The number of ether oxygens (including phenoxy) is 1. The highest BCUT2D eigenvalue weighted by Gasteiger charge is 2.07. The lowest BCUT2D eigenvalue weighted by molar-refractivity contribution is -0.129. The molecular weight excluding hydrogens is 236 g/mol. The molecule has 0 radical (unpaired) electrons. The minimum atomic E-state index is -0.537. The first kappa shape index (κ1) is 14.0. The van der Waals surface area contributed by atoms with Crippen LogP contribution in [0.2, 0.25) is 0 Å². The standard InChI is InChI=1S/C12H16N2O4/c13-12(16)9-5-1-2-6-10(9)18-8-4-3-7-11(15)14-17/h1-2,5-6,17H,3-4,7-8H2,(H2,13,16)(H,14,15). The van der Waals surface area contributed by atoms with Crippen LogP contribution in [0, 0.1) is 0 Å². The maximum Gasteiger partial charge on any atom is 0.252 e. The van der Waals surface area contributed by atoms with Gasteiger partial charge in [-0.15, -0.1) is 0 Å². The number of carbonyl (C=O) groups excluding carboxylic acids is 2. The zero-order valence-corrected chi connectivity index (χ0v) is 9.89. The van der Waals surface area contributed by atoms with E-state index < -0.39 is 11.8 Å². The Morgan fingerprint density at radius 1 is 1.28 bits per heavy atom. The van der Waals surface area contributed by atoms with Crippen molar-refractivity contribution >= 4 is 11.8 Å². The first-order valence-corrected chi connectivity index (χ1v) is 5.59. The van der Waals surface area contributed by atoms with E-state index in [2.05, 4.69) is 0 Å². The topological polar surface area (TPSA) is 102 Å². The van der Waals surface area contributed by atoms with Gasteiger partial charge in [-0.1, -0.05) is 12.1 Å². The Balaban J connectivity index is 2.35. The lowest BCUT2D eigenvalue weighted by Gasteiger charge is -2.08. The molecule has 0 aliphatic rings. The average Bonchev–Trinajstić information content (AvgIpc) is 2.38. The van der Waals surface area contributed by atoms with Gasteiger partial charge in [-0.25, -0.2) is 5.48 Å². The van der Waals surface area contributed by atoms with Crippen LogP contribution < -0.4 is 16.0 Å². The summed E-state index contributed by atoms with van der Waals surface area (Å²) in [6, 6.07) is 6.72. The minimum absolute atomic E-state index is 0.233. The largest absolute Gasteiger partial charge is 0.493 e. The van der Waals surface area contributed by atoms with Crippen LogP contribution in [0.4, 0.5) is 0 Å². The summed E-state index contributed by atoms with van der Waals surface area (Å²) >= 11 is 0. The molecule has 0 aliphatic carbocycles. The molecule has 1 aromatic rings. The van der Waals surface area contributed by atoms with Crippen LogP contribution in [0.5, 0.6) is 5.75 Å². The second kappa shape index (κ2) is 7.29. The van der Waals surface area contributed by atoms with Crippen molar-refractivity contribution in [2.24, 2.45) is 5.73 Å². The normalized spacial score (nSPS) is 9.83. The van der Waals surface area contributed by atoms with Crippen LogP contribution in [0.25, 0.3) is 0 Å². The van der Waals surface area contributed by atoms with E-state index in [1.807, 2.05) is 0 Å². The molecule has 0 aromatic heterocycles. The fraction of sp³-hybridized carbons (Fsp3) is 0.333. The molecule has 0 aliphatic heterocycles. The highest BCUT2D eigenvalue weighted by molar-refractivity contribution is 5.95. The molecule has 1 rings (SSSR count). The third-order valence-corrected chi connectivity index (χ3v) is 2.33. The fourth-order valence-electron chi connectivity index (χ4n) is 1.42. The molecule has 0 unspecified atom stereocenters. The molecule has 98 valence electrons. The lowest BCUT2D eigenvalue weighted by atomic mass is 10.2. The van der Waals surface area contributed by atoms with E-state index in [0.717, 1.165) is 0 Å². The Labute approximate surface area is 105 Å². The summed E-state index contributed by atoms with van der Waals surface area (Å²) in [6.07, 6.45) is 1.46. The number of hydrogen-bond acceptors (Lipinski definition) is 4. The van der Waals surface area contributed by atoms with E-state index in [1.165, 1.54) is 0 Å². The number of rotatable bonds is 7. The Morgan fingerprint density at radius 2 is 2.00 bits per heavy atom. The van der Waals surface area contributed by atoms with Crippen molar-refractivity contribution in [3.05, 3.63) is 29.8 Å². The Morgan fingerprint density at radius 3 is 2.67 bits per heavy atom. The first-order valence-electron chi connectivity index (χ1n) is 5.59. The predicted octanol–water partition coefficient (Wildman–Crippen LogP) is 0.840. The number of primary amides is 1. The molecule has 6 heteroatoms. The molecule has 18 heavy (non-hydrogen) atoms. The number of nitrogens with one attached hydrogen (secondary N) is 1. The van der Waals surface area contributed by atoms with Gasteiger partial charge in [-0.3, -0.25) is 14.8 Å². The smallest absolute Gasteiger partial charge is 0.252 e. The zero-order chi connectivity index (χ0) is 13.4. The van der Waals surface area contributed by atoms with Gasteiger partial charge in [-0.2, -0.15) is 0 Å². The molecule has 0 heterocycles. The molecule has 2 amide bonds. The second-order valence-electron chi connectivity index (χ2n) is 3.70. The number of hydroxylamine groups is 1. The summed E-state index contributed by atoms with van der Waals surface area (Å²) in [7, 11) is 0. The fourth-order valence-corrected chi connectivity index (χ4v) is 1.42. The number of unbranched alkanes of at least 4 members (excludes halogenated alkanes) is 1. The summed E-state index contributed by atoms with van der Waals surface area (Å²) in [4.78, 5) is 21.8. The van der Waals surface area contributed by atoms with Crippen LogP contribution in [0.1, 0.15) is 29.6 Å². The molecule has 0 fully saturated rings. The van der Waals surface area contributed by atoms with Crippen molar-refractivity contribution in [3.63, 3.8) is 0 Å². The maximum atomic E-state index is 11.1. The van der Waals surface area contributed by atoms with Crippen molar-refractivity contribution in [2.45, 2.75) is 19.3 Å². The molecule has 0 saturated heterocycles. The van der Waals surface area contributed by atoms with E-state index in [4.69, 9.17) is 15.7 Å².